The molecule has 3 aromatic rings. The van der Waals surface area contributed by atoms with E-state index in [1.165, 1.54) is 0 Å². The molecule has 12 nitrogen and oxygen atoms in total. The SMILES string of the molecule is CC(C)(C)OC(=O)N1CCN(c2ccc(Nc3ccc(-n4ccnc4)c4c3C(=O)N(C(=O)OC(C)(C)C)C4)nc2)CC1. The molecule has 42 heavy (non-hydrogen) atoms. The fraction of sp³-hybridized carbons (Fsp3) is 0.433. The van der Waals surface area contributed by atoms with E-state index in [1.54, 1.807) is 56.7 Å². The summed E-state index contributed by atoms with van der Waals surface area (Å²) in [6, 6.07) is 7.48. The lowest BCUT2D eigenvalue weighted by Crippen LogP contribution is -2.50. The Morgan fingerprint density at radius 2 is 1.60 bits per heavy atom. The van der Waals surface area contributed by atoms with Crippen LogP contribution in [0.2, 0.25) is 0 Å². The summed E-state index contributed by atoms with van der Waals surface area (Å²) in [6.07, 6.45) is 5.87. The maximum atomic E-state index is 13.6. The highest BCUT2D eigenvalue weighted by Gasteiger charge is 2.38. The van der Waals surface area contributed by atoms with Gasteiger partial charge in [0.15, 0.2) is 0 Å². The maximum absolute atomic E-state index is 13.6. The summed E-state index contributed by atoms with van der Waals surface area (Å²) in [5.74, 6) is 0.107. The monoisotopic (exact) mass is 575 g/mol. The molecule has 0 atom stereocenters. The number of piperazine rings is 1. The van der Waals surface area contributed by atoms with Gasteiger partial charge in [0.05, 0.1) is 41.7 Å². The quantitative estimate of drug-likeness (QED) is 0.460. The van der Waals surface area contributed by atoms with Gasteiger partial charge in [-0.05, 0) is 65.8 Å². The van der Waals surface area contributed by atoms with Crippen LogP contribution in [0.15, 0.2) is 49.2 Å². The van der Waals surface area contributed by atoms with Crippen LogP contribution >= 0.6 is 0 Å². The van der Waals surface area contributed by atoms with E-state index in [0.717, 1.165) is 16.3 Å². The molecule has 1 saturated heterocycles. The molecular weight excluding hydrogens is 538 g/mol. The number of nitrogens with zero attached hydrogens (tertiary/aromatic N) is 6. The van der Waals surface area contributed by atoms with Crippen molar-refractivity contribution >= 4 is 35.3 Å². The lowest BCUT2D eigenvalue weighted by atomic mass is 10.0. The molecule has 1 aromatic carbocycles. The van der Waals surface area contributed by atoms with Crippen molar-refractivity contribution in [3.8, 4) is 5.69 Å². The minimum Gasteiger partial charge on any atom is -0.444 e. The van der Waals surface area contributed by atoms with Crippen LogP contribution in [0.4, 0.5) is 26.8 Å². The number of aromatic nitrogens is 3. The summed E-state index contributed by atoms with van der Waals surface area (Å²) in [6.45, 7) is 13.4. The highest BCUT2D eigenvalue weighted by molar-refractivity contribution is 6.11. The van der Waals surface area contributed by atoms with Crippen molar-refractivity contribution in [2.45, 2.75) is 59.3 Å². The second-order valence-corrected chi connectivity index (χ2v) is 12.3. The molecule has 222 valence electrons. The highest BCUT2D eigenvalue weighted by atomic mass is 16.6. The van der Waals surface area contributed by atoms with Crippen LogP contribution in [-0.4, -0.2) is 79.8 Å². The van der Waals surface area contributed by atoms with Gasteiger partial charge in [0, 0.05) is 44.1 Å². The van der Waals surface area contributed by atoms with Gasteiger partial charge in [-0.15, -0.1) is 0 Å². The fourth-order valence-corrected chi connectivity index (χ4v) is 4.88. The van der Waals surface area contributed by atoms with Crippen LogP contribution in [0.5, 0.6) is 0 Å². The molecule has 0 spiro atoms. The van der Waals surface area contributed by atoms with Gasteiger partial charge in [-0.2, -0.15) is 0 Å². The third-order valence-corrected chi connectivity index (χ3v) is 6.77. The molecule has 3 amide bonds. The van der Waals surface area contributed by atoms with Crippen molar-refractivity contribution in [2.75, 3.05) is 36.4 Å². The molecule has 0 aliphatic carbocycles. The van der Waals surface area contributed by atoms with Crippen LogP contribution in [0.1, 0.15) is 57.5 Å². The largest absolute Gasteiger partial charge is 0.444 e. The molecule has 12 heteroatoms. The van der Waals surface area contributed by atoms with Crippen LogP contribution in [-0.2, 0) is 16.0 Å². The van der Waals surface area contributed by atoms with E-state index in [0.29, 0.717) is 48.8 Å². The number of carbonyl (C=O) groups is 3. The molecular formula is C30H37N7O5. The van der Waals surface area contributed by atoms with E-state index in [2.05, 4.69) is 20.2 Å². The molecule has 5 rings (SSSR count). The Kier molecular flexibility index (Phi) is 7.56. The summed E-state index contributed by atoms with van der Waals surface area (Å²) >= 11 is 0. The smallest absolute Gasteiger partial charge is 0.417 e. The first-order valence-corrected chi connectivity index (χ1v) is 13.9. The molecule has 0 saturated carbocycles. The standard InChI is InChI=1S/C30H37N7O5/c1-29(2,3)41-27(39)35-15-13-34(14-16-35)20-7-10-24(32-17-20)33-22-8-9-23(36-12-11-31-19-36)21-18-37(26(38)25(21)22)28(40)42-30(4,5)6/h7-12,17,19H,13-16,18H2,1-6H3,(H,32,33). The van der Waals surface area contributed by atoms with Gasteiger partial charge in [-0.25, -0.2) is 24.5 Å². The Balaban J connectivity index is 1.32. The topological polar surface area (TPSA) is 122 Å². The summed E-state index contributed by atoms with van der Waals surface area (Å²) < 4.78 is 12.8. The highest BCUT2D eigenvalue weighted by Crippen LogP contribution is 2.36. The van der Waals surface area contributed by atoms with Gasteiger partial charge >= 0.3 is 12.2 Å². The van der Waals surface area contributed by atoms with Crippen LogP contribution in [0.3, 0.4) is 0 Å². The third kappa shape index (κ3) is 6.32. The Hall–Kier alpha value is -4.61. The normalized spacial score (nSPS) is 15.5. The van der Waals surface area contributed by atoms with Crippen molar-refractivity contribution in [2.24, 2.45) is 0 Å². The number of anilines is 3. The van der Waals surface area contributed by atoms with Gasteiger partial charge in [0.25, 0.3) is 5.91 Å². The number of pyridine rings is 1. The Morgan fingerprint density at radius 3 is 2.19 bits per heavy atom. The van der Waals surface area contributed by atoms with Gasteiger partial charge in [0.2, 0.25) is 0 Å². The number of ether oxygens (including phenoxy) is 2. The number of amides is 3. The molecule has 4 heterocycles. The van der Waals surface area contributed by atoms with Gasteiger partial charge in [0.1, 0.15) is 17.0 Å². The predicted octanol–water partition coefficient (Wildman–Crippen LogP) is 4.96. The molecule has 0 radical (unpaired) electrons. The van der Waals surface area contributed by atoms with E-state index in [1.807, 2.05) is 43.5 Å². The Morgan fingerprint density at radius 1 is 0.905 bits per heavy atom. The summed E-state index contributed by atoms with van der Waals surface area (Å²) in [4.78, 5) is 52.6. The maximum Gasteiger partial charge on any atom is 0.417 e. The molecule has 2 aliphatic rings. The number of carbonyl (C=O) groups excluding carboxylic acids is 3. The Labute approximate surface area is 245 Å². The molecule has 0 unspecified atom stereocenters. The van der Waals surface area contributed by atoms with Crippen LogP contribution < -0.4 is 10.2 Å². The van der Waals surface area contributed by atoms with Crippen molar-refractivity contribution in [3.05, 3.63) is 60.3 Å². The summed E-state index contributed by atoms with van der Waals surface area (Å²) in [5, 5.41) is 3.27. The number of hydrogen-bond acceptors (Lipinski definition) is 9. The van der Waals surface area contributed by atoms with Crippen LogP contribution in [0, 0.1) is 0 Å². The number of hydrogen-bond donors (Lipinski definition) is 1. The lowest BCUT2D eigenvalue weighted by molar-refractivity contribution is 0.0230. The first kappa shape index (κ1) is 28.9. The third-order valence-electron chi connectivity index (χ3n) is 6.77. The first-order chi connectivity index (χ1) is 19.8. The van der Waals surface area contributed by atoms with Crippen molar-refractivity contribution < 1.29 is 23.9 Å². The molecule has 0 bridgehead atoms. The predicted molar refractivity (Wildman–Crippen MR) is 157 cm³/mol. The molecule has 1 N–H and O–H groups in total. The zero-order valence-electron chi connectivity index (χ0n) is 24.9. The zero-order chi connectivity index (χ0) is 30.2. The number of rotatable bonds is 4. The number of nitrogens with one attached hydrogen (secondary N) is 1. The molecule has 2 aliphatic heterocycles. The lowest BCUT2D eigenvalue weighted by Gasteiger charge is -2.36. The number of imide groups is 1. The zero-order valence-corrected chi connectivity index (χ0v) is 24.9. The van der Waals surface area contributed by atoms with Gasteiger partial charge in [-0.1, -0.05) is 0 Å². The summed E-state index contributed by atoms with van der Waals surface area (Å²) in [5.41, 5.74) is 2.02. The minimum atomic E-state index is -0.742. The second-order valence-electron chi connectivity index (χ2n) is 12.3. The molecule has 1 fully saturated rings. The average molecular weight is 576 g/mol. The number of fused-ring (bicyclic) bond motifs is 1. The summed E-state index contributed by atoms with van der Waals surface area (Å²) in [7, 11) is 0. The van der Waals surface area contributed by atoms with E-state index in [9.17, 15) is 14.4 Å². The van der Waals surface area contributed by atoms with Crippen molar-refractivity contribution in [1.29, 1.82) is 0 Å². The van der Waals surface area contributed by atoms with E-state index in [4.69, 9.17) is 9.47 Å². The van der Waals surface area contributed by atoms with Gasteiger partial charge < -0.3 is 29.2 Å². The number of imidazole rings is 1. The van der Waals surface area contributed by atoms with E-state index < -0.39 is 23.2 Å². The first-order valence-electron chi connectivity index (χ1n) is 13.9. The number of benzene rings is 1. The van der Waals surface area contributed by atoms with E-state index in [-0.39, 0.29) is 12.6 Å². The fourth-order valence-electron chi connectivity index (χ4n) is 4.88. The van der Waals surface area contributed by atoms with Crippen LogP contribution in [0.25, 0.3) is 5.69 Å². The average Bonchev–Trinajstić information content (AvgIpc) is 3.56. The Bertz CT molecular complexity index is 1470. The molecule has 2 aromatic heterocycles. The van der Waals surface area contributed by atoms with E-state index >= 15 is 0 Å². The van der Waals surface area contributed by atoms with Crippen molar-refractivity contribution in [1.82, 2.24) is 24.3 Å². The second kappa shape index (κ2) is 11.0. The van der Waals surface area contributed by atoms with Gasteiger partial charge in [-0.3, -0.25) is 4.79 Å². The van der Waals surface area contributed by atoms with Crippen molar-refractivity contribution in [3.63, 3.8) is 0 Å². The minimum absolute atomic E-state index is 0.0771.